The summed E-state index contributed by atoms with van der Waals surface area (Å²) in [6.45, 7) is 2.02. The van der Waals surface area contributed by atoms with Crippen LogP contribution in [0.1, 0.15) is 12.5 Å². The van der Waals surface area contributed by atoms with Crippen molar-refractivity contribution in [2.45, 2.75) is 6.92 Å². The summed E-state index contributed by atoms with van der Waals surface area (Å²) in [4.78, 5) is 0. The lowest BCUT2D eigenvalue weighted by Gasteiger charge is -2.00. The van der Waals surface area contributed by atoms with Crippen molar-refractivity contribution in [1.82, 2.24) is 0 Å². The molecular weight excluding hydrogens is 180 g/mol. The quantitative estimate of drug-likeness (QED) is 0.620. The van der Waals surface area contributed by atoms with Gasteiger partial charge in [-0.05, 0) is 23.3 Å². The van der Waals surface area contributed by atoms with Crippen molar-refractivity contribution in [2.24, 2.45) is 0 Å². The highest BCUT2D eigenvalue weighted by Crippen LogP contribution is 2.19. The molecule has 0 saturated carbocycles. The predicted octanol–water partition coefficient (Wildman–Crippen LogP) is 4.43. The molecule has 0 aliphatic heterocycles. The molecule has 0 fully saturated rings. The standard InChI is InChI=1S/C15H14/c1-2-3-4-8-13-10-7-11-14-9-5-6-12-15(13)14/h2-12H,1H3/b3-2+,8-4?. The topological polar surface area (TPSA) is 0 Å². The molecule has 0 aliphatic carbocycles. The van der Waals surface area contributed by atoms with Crippen molar-refractivity contribution >= 4 is 16.8 Å². The molecule has 0 nitrogen and oxygen atoms in total. The summed E-state index contributed by atoms with van der Waals surface area (Å²) < 4.78 is 0. The van der Waals surface area contributed by atoms with E-state index in [1.54, 1.807) is 0 Å². The molecule has 0 amide bonds. The van der Waals surface area contributed by atoms with Gasteiger partial charge in [0.15, 0.2) is 0 Å². The lowest BCUT2D eigenvalue weighted by Crippen LogP contribution is -1.76. The molecule has 2 rings (SSSR count). The molecule has 0 spiro atoms. The predicted molar refractivity (Wildman–Crippen MR) is 67.8 cm³/mol. The molecule has 0 aliphatic rings. The molecule has 74 valence electrons. The number of allylic oxidation sites excluding steroid dienone is 3. The Kier molecular flexibility index (Phi) is 2.99. The third-order valence-electron chi connectivity index (χ3n) is 2.40. The van der Waals surface area contributed by atoms with Crippen molar-refractivity contribution in [3.8, 4) is 0 Å². The van der Waals surface area contributed by atoms with Crippen LogP contribution in [0.15, 0.2) is 60.7 Å². The van der Waals surface area contributed by atoms with Gasteiger partial charge in [0.2, 0.25) is 0 Å². The van der Waals surface area contributed by atoms with Gasteiger partial charge in [0, 0.05) is 0 Å². The van der Waals surface area contributed by atoms with Gasteiger partial charge in [-0.3, -0.25) is 0 Å². The van der Waals surface area contributed by atoms with E-state index in [9.17, 15) is 0 Å². The largest absolute Gasteiger partial charge is 0.0877 e. The van der Waals surface area contributed by atoms with E-state index in [2.05, 4.69) is 54.6 Å². The zero-order chi connectivity index (χ0) is 10.5. The van der Waals surface area contributed by atoms with Crippen LogP contribution < -0.4 is 0 Å². The smallest absolute Gasteiger partial charge is 0.0111 e. The first-order valence-electron chi connectivity index (χ1n) is 5.19. The monoisotopic (exact) mass is 194 g/mol. The maximum atomic E-state index is 2.16. The number of rotatable bonds is 2. The molecule has 2 aromatic carbocycles. The van der Waals surface area contributed by atoms with E-state index in [0.29, 0.717) is 0 Å². The van der Waals surface area contributed by atoms with Crippen LogP contribution >= 0.6 is 0 Å². The Morgan fingerprint density at radius 1 is 0.867 bits per heavy atom. The van der Waals surface area contributed by atoms with E-state index in [-0.39, 0.29) is 0 Å². The van der Waals surface area contributed by atoms with Crippen molar-refractivity contribution in [2.75, 3.05) is 0 Å². The third kappa shape index (κ3) is 2.16. The molecule has 0 saturated heterocycles. The number of hydrogen-bond acceptors (Lipinski definition) is 0. The van der Waals surface area contributed by atoms with Crippen LogP contribution in [0.5, 0.6) is 0 Å². The van der Waals surface area contributed by atoms with Crippen LogP contribution in [0.2, 0.25) is 0 Å². The Hall–Kier alpha value is -1.82. The molecule has 0 bridgehead atoms. The highest BCUT2D eigenvalue weighted by atomic mass is 14.0. The fraction of sp³-hybridized carbons (Fsp3) is 0.0667. The second kappa shape index (κ2) is 4.61. The Morgan fingerprint density at radius 2 is 1.67 bits per heavy atom. The third-order valence-corrected chi connectivity index (χ3v) is 2.40. The molecule has 2 aromatic rings. The van der Waals surface area contributed by atoms with Crippen LogP contribution in [-0.2, 0) is 0 Å². The first kappa shape index (κ1) is 9.72. The summed E-state index contributed by atoms with van der Waals surface area (Å²) in [6, 6.07) is 14.8. The lowest BCUT2D eigenvalue weighted by molar-refractivity contribution is 1.70. The van der Waals surface area contributed by atoms with Crippen molar-refractivity contribution in [1.29, 1.82) is 0 Å². The summed E-state index contributed by atoms with van der Waals surface area (Å²) in [5.41, 5.74) is 1.27. The van der Waals surface area contributed by atoms with E-state index in [1.165, 1.54) is 16.3 Å². The first-order valence-corrected chi connectivity index (χ1v) is 5.19. The summed E-state index contributed by atoms with van der Waals surface area (Å²) >= 11 is 0. The fourth-order valence-electron chi connectivity index (χ4n) is 1.67. The second-order valence-electron chi connectivity index (χ2n) is 3.45. The van der Waals surface area contributed by atoms with Gasteiger partial charge in [0.25, 0.3) is 0 Å². The zero-order valence-corrected chi connectivity index (χ0v) is 8.85. The van der Waals surface area contributed by atoms with Crippen LogP contribution in [0.4, 0.5) is 0 Å². The summed E-state index contributed by atoms with van der Waals surface area (Å²) in [5, 5.41) is 2.60. The van der Waals surface area contributed by atoms with E-state index in [4.69, 9.17) is 0 Å². The summed E-state index contributed by atoms with van der Waals surface area (Å²) in [5.74, 6) is 0. The van der Waals surface area contributed by atoms with E-state index >= 15 is 0 Å². The maximum absolute atomic E-state index is 2.16. The molecule has 0 heterocycles. The first-order chi connectivity index (χ1) is 7.42. The molecule has 15 heavy (non-hydrogen) atoms. The van der Waals surface area contributed by atoms with Crippen molar-refractivity contribution < 1.29 is 0 Å². The minimum Gasteiger partial charge on any atom is -0.0877 e. The number of hydrogen-bond donors (Lipinski definition) is 0. The number of benzene rings is 2. The minimum absolute atomic E-state index is 1.27. The van der Waals surface area contributed by atoms with Gasteiger partial charge in [-0.2, -0.15) is 0 Å². The highest BCUT2D eigenvalue weighted by molar-refractivity contribution is 5.90. The van der Waals surface area contributed by atoms with Crippen molar-refractivity contribution in [3.05, 3.63) is 66.3 Å². The summed E-state index contributed by atoms with van der Waals surface area (Å²) in [6.07, 6.45) is 8.29. The maximum Gasteiger partial charge on any atom is -0.0111 e. The Balaban J connectivity index is 2.51. The van der Waals surface area contributed by atoms with E-state index in [0.717, 1.165) is 0 Å². The average molecular weight is 194 g/mol. The van der Waals surface area contributed by atoms with Gasteiger partial charge >= 0.3 is 0 Å². The molecule has 0 atom stereocenters. The lowest BCUT2D eigenvalue weighted by atomic mass is 10.0. The molecule has 0 heteroatoms. The zero-order valence-electron chi connectivity index (χ0n) is 8.85. The molecule has 0 N–H and O–H groups in total. The van der Waals surface area contributed by atoms with Gasteiger partial charge in [-0.15, -0.1) is 0 Å². The highest BCUT2D eigenvalue weighted by Gasteiger charge is 1.94. The minimum atomic E-state index is 1.27. The average Bonchev–Trinajstić information content (AvgIpc) is 2.30. The number of fused-ring (bicyclic) bond motifs is 1. The molecule has 0 radical (unpaired) electrons. The SMILES string of the molecule is C/C=C/C=Cc1cccc2ccccc12. The van der Waals surface area contributed by atoms with Gasteiger partial charge in [0.1, 0.15) is 0 Å². The second-order valence-corrected chi connectivity index (χ2v) is 3.45. The Labute approximate surface area is 90.6 Å². The van der Waals surface area contributed by atoms with E-state index in [1.807, 2.05) is 19.1 Å². The van der Waals surface area contributed by atoms with E-state index < -0.39 is 0 Å². The van der Waals surface area contributed by atoms with Crippen LogP contribution in [0.3, 0.4) is 0 Å². The fourth-order valence-corrected chi connectivity index (χ4v) is 1.67. The summed E-state index contributed by atoms with van der Waals surface area (Å²) in [7, 11) is 0. The molecule has 0 unspecified atom stereocenters. The van der Waals surface area contributed by atoms with Crippen LogP contribution in [-0.4, -0.2) is 0 Å². The van der Waals surface area contributed by atoms with Gasteiger partial charge in [0.05, 0.1) is 0 Å². The van der Waals surface area contributed by atoms with Gasteiger partial charge in [-0.25, -0.2) is 0 Å². The molecule has 0 aromatic heterocycles. The normalized spacial score (nSPS) is 11.8. The van der Waals surface area contributed by atoms with Crippen molar-refractivity contribution in [3.63, 3.8) is 0 Å². The van der Waals surface area contributed by atoms with Crippen LogP contribution in [0.25, 0.3) is 16.8 Å². The Morgan fingerprint density at radius 3 is 2.53 bits per heavy atom. The van der Waals surface area contributed by atoms with Gasteiger partial charge < -0.3 is 0 Å². The van der Waals surface area contributed by atoms with Gasteiger partial charge in [-0.1, -0.05) is 66.8 Å². The Bertz CT molecular complexity index is 499. The molecular formula is C15H14. The van der Waals surface area contributed by atoms with Crippen LogP contribution in [0, 0.1) is 0 Å².